The first-order chi connectivity index (χ1) is 17.9. The number of phenols is 1. The highest BCUT2D eigenvalue weighted by molar-refractivity contribution is 7.15. The summed E-state index contributed by atoms with van der Waals surface area (Å²) in [5.74, 6) is 2.40. The van der Waals surface area contributed by atoms with Gasteiger partial charge in [0.1, 0.15) is 12.9 Å². The van der Waals surface area contributed by atoms with Crippen LogP contribution in [-0.4, -0.2) is 28.8 Å². The minimum absolute atomic E-state index is 0.00106. The summed E-state index contributed by atoms with van der Waals surface area (Å²) in [6.45, 7) is 13.0. The number of thiazole rings is 1. The Kier molecular flexibility index (Phi) is 7.12. The highest BCUT2D eigenvalue weighted by Crippen LogP contribution is 2.63. The summed E-state index contributed by atoms with van der Waals surface area (Å²) in [5.41, 5.74) is 6.00. The van der Waals surface area contributed by atoms with Gasteiger partial charge in [0, 0.05) is 22.9 Å². The summed E-state index contributed by atoms with van der Waals surface area (Å²) in [4.78, 5) is 23.6. The van der Waals surface area contributed by atoms with Crippen LogP contribution in [0.15, 0.2) is 17.4 Å². The number of anilines is 1. The lowest BCUT2D eigenvalue weighted by Gasteiger charge is -2.51. The first-order valence-electron chi connectivity index (χ1n) is 14.1. The molecule has 1 aromatic heterocycles. The average molecular weight is 538 g/mol. The SMILES string of the molecule is CON=C1CC(CCC(=O)Nc2ncc(C)s2)C2C3CCc4c(cc(C(C)(C)C)c(O)c4C)C3CCC12C. The van der Waals surface area contributed by atoms with Crippen molar-refractivity contribution in [3.05, 3.63) is 39.4 Å². The Balaban J connectivity index is 1.44. The number of fused-ring (bicyclic) bond motifs is 5. The molecule has 1 aromatic carbocycles. The van der Waals surface area contributed by atoms with Gasteiger partial charge in [-0.05, 0) is 104 Å². The zero-order chi connectivity index (χ0) is 27.4. The van der Waals surface area contributed by atoms with Crippen molar-refractivity contribution in [2.75, 3.05) is 12.4 Å². The van der Waals surface area contributed by atoms with Gasteiger partial charge in [-0.2, -0.15) is 0 Å². The van der Waals surface area contributed by atoms with Crippen molar-refractivity contribution in [2.24, 2.45) is 28.3 Å². The van der Waals surface area contributed by atoms with Crippen LogP contribution < -0.4 is 5.32 Å². The second-order valence-electron chi connectivity index (χ2n) is 13.1. The van der Waals surface area contributed by atoms with Crippen LogP contribution in [0.25, 0.3) is 0 Å². The van der Waals surface area contributed by atoms with Crippen LogP contribution in [-0.2, 0) is 21.5 Å². The van der Waals surface area contributed by atoms with Crippen LogP contribution in [0.4, 0.5) is 5.13 Å². The van der Waals surface area contributed by atoms with Gasteiger partial charge in [0.15, 0.2) is 5.13 Å². The Labute approximate surface area is 231 Å². The number of carbonyl (C=O) groups excluding carboxylic acids is 1. The molecule has 38 heavy (non-hydrogen) atoms. The predicted octanol–water partition coefficient (Wildman–Crippen LogP) is 7.27. The quantitative estimate of drug-likeness (QED) is 0.393. The molecule has 1 heterocycles. The number of benzene rings is 1. The largest absolute Gasteiger partial charge is 0.507 e. The Morgan fingerprint density at radius 3 is 2.74 bits per heavy atom. The smallest absolute Gasteiger partial charge is 0.226 e. The fourth-order valence-corrected chi connectivity index (χ4v) is 8.68. The molecule has 2 aromatic rings. The number of aromatic hydroxyl groups is 1. The molecular formula is C31H43N3O3S. The van der Waals surface area contributed by atoms with Crippen LogP contribution >= 0.6 is 11.3 Å². The number of oxime groups is 1. The molecule has 3 aliphatic rings. The van der Waals surface area contributed by atoms with Crippen LogP contribution in [0.3, 0.4) is 0 Å². The molecule has 2 saturated carbocycles. The highest BCUT2D eigenvalue weighted by Gasteiger charge is 2.57. The number of carbonyl (C=O) groups is 1. The summed E-state index contributed by atoms with van der Waals surface area (Å²) in [6.07, 6.45) is 8.35. The molecule has 0 spiro atoms. The topological polar surface area (TPSA) is 83.8 Å². The van der Waals surface area contributed by atoms with E-state index in [1.54, 1.807) is 13.3 Å². The molecule has 1 amide bonds. The normalized spacial score (nSPS) is 29.5. The van der Waals surface area contributed by atoms with E-state index in [2.05, 4.69) is 56.1 Å². The molecule has 6 nitrogen and oxygen atoms in total. The molecule has 0 radical (unpaired) electrons. The molecule has 0 saturated heterocycles. The van der Waals surface area contributed by atoms with Crippen molar-refractivity contribution < 1.29 is 14.7 Å². The van der Waals surface area contributed by atoms with Gasteiger partial charge < -0.3 is 15.3 Å². The Morgan fingerprint density at radius 1 is 1.32 bits per heavy atom. The number of hydrogen-bond donors (Lipinski definition) is 2. The molecule has 5 atom stereocenters. The summed E-state index contributed by atoms with van der Waals surface area (Å²) in [5, 5.41) is 19.3. The first kappa shape index (κ1) is 27.2. The van der Waals surface area contributed by atoms with E-state index in [9.17, 15) is 9.90 Å². The van der Waals surface area contributed by atoms with Crippen molar-refractivity contribution in [2.45, 2.75) is 97.8 Å². The van der Waals surface area contributed by atoms with E-state index in [4.69, 9.17) is 4.84 Å². The fraction of sp³-hybridized carbons (Fsp3) is 0.645. The minimum atomic E-state index is -0.114. The van der Waals surface area contributed by atoms with Gasteiger partial charge in [-0.25, -0.2) is 4.98 Å². The zero-order valence-electron chi connectivity index (χ0n) is 24.0. The third kappa shape index (κ3) is 4.65. The fourth-order valence-electron chi connectivity index (χ4n) is 8.00. The number of amides is 1. The highest BCUT2D eigenvalue weighted by atomic mass is 32.1. The second kappa shape index (κ2) is 9.96. The van der Waals surface area contributed by atoms with E-state index in [0.29, 0.717) is 41.0 Å². The number of nitrogens with one attached hydrogen (secondary N) is 1. The van der Waals surface area contributed by atoms with Gasteiger partial charge in [0.05, 0.1) is 5.71 Å². The van der Waals surface area contributed by atoms with Crippen molar-refractivity contribution in [3.8, 4) is 5.75 Å². The van der Waals surface area contributed by atoms with Crippen LogP contribution in [0.1, 0.15) is 99.3 Å². The molecule has 206 valence electrons. The molecule has 0 bridgehead atoms. The van der Waals surface area contributed by atoms with Crippen molar-refractivity contribution >= 4 is 28.1 Å². The first-order valence-corrected chi connectivity index (χ1v) is 14.9. The summed E-state index contributed by atoms with van der Waals surface area (Å²) >= 11 is 1.52. The maximum atomic E-state index is 12.8. The molecule has 5 rings (SSSR count). The minimum Gasteiger partial charge on any atom is -0.507 e. The van der Waals surface area contributed by atoms with Gasteiger partial charge in [-0.3, -0.25) is 4.79 Å². The summed E-state index contributed by atoms with van der Waals surface area (Å²) in [6, 6.07) is 2.33. The number of phenolic OH excluding ortho intramolecular Hbond substituents is 1. The van der Waals surface area contributed by atoms with Crippen LogP contribution in [0.2, 0.25) is 0 Å². The maximum Gasteiger partial charge on any atom is 0.226 e. The third-order valence-electron chi connectivity index (χ3n) is 9.77. The lowest BCUT2D eigenvalue weighted by atomic mass is 9.53. The Hall–Kier alpha value is -2.41. The predicted molar refractivity (Wildman–Crippen MR) is 154 cm³/mol. The van der Waals surface area contributed by atoms with Crippen LogP contribution in [0, 0.1) is 37.0 Å². The van der Waals surface area contributed by atoms with E-state index < -0.39 is 0 Å². The maximum absolute atomic E-state index is 12.8. The number of aryl methyl sites for hydroxylation is 1. The lowest BCUT2D eigenvalue weighted by Crippen LogP contribution is -2.44. The van der Waals surface area contributed by atoms with E-state index >= 15 is 0 Å². The molecule has 0 aliphatic heterocycles. The van der Waals surface area contributed by atoms with Crippen molar-refractivity contribution in [1.29, 1.82) is 0 Å². The van der Waals surface area contributed by atoms with Gasteiger partial charge in [-0.1, -0.05) is 38.9 Å². The van der Waals surface area contributed by atoms with E-state index in [0.717, 1.165) is 54.5 Å². The number of aromatic nitrogens is 1. The second-order valence-corrected chi connectivity index (χ2v) is 14.3. The van der Waals surface area contributed by atoms with E-state index in [1.807, 2.05) is 6.92 Å². The van der Waals surface area contributed by atoms with Gasteiger partial charge >= 0.3 is 0 Å². The summed E-state index contributed by atoms with van der Waals surface area (Å²) < 4.78 is 0. The Bertz CT molecular complexity index is 1260. The average Bonchev–Trinajstić information content (AvgIpc) is 3.38. The van der Waals surface area contributed by atoms with E-state index in [1.165, 1.54) is 28.2 Å². The molecule has 2 fully saturated rings. The van der Waals surface area contributed by atoms with Gasteiger partial charge in [0.25, 0.3) is 0 Å². The molecule has 7 heteroatoms. The standard InChI is InChI=1S/C31H43N3O3S/c1-17-16-32-29(38-17)33-26(35)11-8-19-14-25(34-37-7)31(6)13-12-21-22(27(19)31)10-9-20-18(2)28(36)24(15-23(20)21)30(3,4)5/h15-16,19,21-22,27,36H,8-14H2,1-7H3,(H,32,33,35). The molecular weight excluding hydrogens is 494 g/mol. The van der Waals surface area contributed by atoms with Gasteiger partial charge in [-0.15, -0.1) is 11.3 Å². The third-order valence-corrected chi connectivity index (χ3v) is 10.6. The lowest BCUT2D eigenvalue weighted by molar-refractivity contribution is -0.116. The van der Waals surface area contributed by atoms with Crippen molar-refractivity contribution in [3.63, 3.8) is 0 Å². The number of nitrogens with zero attached hydrogens (tertiary/aromatic N) is 2. The van der Waals surface area contributed by atoms with Crippen LogP contribution in [0.5, 0.6) is 5.75 Å². The Morgan fingerprint density at radius 2 is 2.08 bits per heavy atom. The number of hydrogen-bond acceptors (Lipinski definition) is 6. The zero-order valence-corrected chi connectivity index (χ0v) is 24.8. The molecule has 5 unspecified atom stereocenters. The summed E-state index contributed by atoms with van der Waals surface area (Å²) in [7, 11) is 1.65. The molecule has 2 N–H and O–H groups in total. The number of rotatable bonds is 5. The molecule has 3 aliphatic carbocycles. The van der Waals surface area contributed by atoms with Gasteiger partial charge in [0.2, 0.25) is 5.91 Å². The van der Waals surface area contributed by atoms with Crippen molar-refractivity contribution in [1.82, 2.24) is 4.98 Å². The van der Waals surface area contributed by atoms with E-state index in [-0.39, 0.29) is 16.7 Å². The monoisotopic (exact) mass is 537 g/mol.